The maximum absolute atomic E-state index is 14.8. The number of pyridine rings is 2. The second-order valence-electron chi connectivity index (χ2n) is 7.11. The molecule has 1 aromatic carbocycles. The Morgan fingerprint density at radius 1 is 1.04 bits per heavy atom. The number of likely N-dealkylation sites (tertiary alicyclic amines) is 1. The van der Waals surface area contributed by atoms with Crippen molar-refractivity contribution in [2.75, 3.05) is 6.54 Å². The van der Waals surface area contributed by atoms with Crippen LogP contribution in [0.2, 0.25) is 0 Å². The standard InChI is InChI=1S/C22H22FN3/c1-16-11-22(19-3-2-8-25-13-19)26(14-16)15-20-5-4-18(12-21(20)23)17-6-9-24-10-7-17/h2-10,12-13,16,22H,11,14-15H2,1H3/t16-,22+/m1/s1. The van der Waals surface area contributed by atoms with Gasteiger partial charge >= 0.3 is 0 Å². The lowest BCUT2D eigenvalue weighted by Gasteiger charge is -2.25. The van der Waals surface area contributed by atoms with E-state index in [0.29, 0.717) is 18.5 Å². The molecule has 0 unspecified atom stereocenters. The second-order valence-corrected chi connectivity index (χ2v) is 7.11. The van der Waals surface area contributed by atoms with Gasteiger partial charge in [-0.05, 0) is 53.3 Å². The van der Waals surface area contributed by atoms with Crippen molar-refractivity contribution in [1.82, 2.24) is 14.9 Å². The van der Waals surface area contributed by atoms with Crippen molar-refractivity contribution < 1.29 is 4.39 Å². The van der Waals surface area contributed by atoms with Crippen LogP contribution in [0.1, 0.15) is 30.5 Å². The average molecular weight is 347 g/mol. The molecule has 0 N–H and O–H groups in total. The van der Waals surface area contributed by atoms with Crippen molar-refractivity contribution in [3.8, 4) is 11.1 Å². The van der Waals surface area contributed by atoms with Crippen LogP contribution in [-0.2, 0) is 6.54 Å². The molecule has 1 saturated heterocycles. The molecule has 3 nitrogen and oxygen atoms in total. The Balaban J connectivity index is 1.56. The normalized spacial score (nSPS) is 20.4. The number of nitrogens with zero attached hydrogens (tertiary/aromatic N) is 3. The number of aromatic nitrogens is 2. The van der Waals surface area contributed by atoms with Crippen LogP contribution < -0.4 is 0 Å². The molecular weight excluding hydrogens is 325 g/mol. The summed E-state index contributed by atoms with van der Waals surface area (Å²) in [6.45, 7) is 3.85. The first-order chi connectivity index (χ1) is 12.7. The topological polar surface area (TPSA) is 29.0 Å². The van der Waals surface area contributed by atoms with Crippen molar-refractivity contribution in [1.29, 1.82) is 0 Å². The van der Waals surface area contributed by atoms with Crippen molar-refractivity contribution in [3.05, 3.63) is 84.2 Å². The molecule has 26 heavy (non-hydrogen) atoms. The van der Waals surface area contributed by atoms with E-state index in [-0.39, 0.29) is 5.82 Å². The minimum absolute atomic E-state index is 0.149. The molecule has 1 aliphatic rings. The van der Waals surface area contributed by atoms with E-state index in [1.165, 1.54) is 5.56 Å². The van der Waals surface area contributed by atoms with Gasteiger partial charge in [0.2, 0.25) is 0 Å². The van der Waals surface area contributed by atoms with E-state index >= 15 is 0 Å². The van der Waals surface area contributed by atoms with Crippen LogP contribution in [0.25, 0.3) is 11.1 Å². The molecule has 0 spiro atoms. The molecule has 1 aliphatic heterocycles. The summed E-state index contributed by atoms with van der Waals surface area (Å²) in [5.74, 6) is 0.447. The number of halogens is 1. The van der Waals surface area contributed by atoms with Crippen molar-refractivity contribution in [3.63, 3.8) is 0 Å². The zero-order valence-electron chi connectivity index (χ0n) is 14.8. The summed E-state index contributed by atoms with van der Waals surface area (Å²) in [4.78, 5) is 10.6. The highest BCUT2D eigenvalue weighted by Crippen LogP contribution is 2.36. The maximum atomic E-state index is 14.8. The highest BCUT2D eigenvalue weighted by Gasteiger charge is 2.31. The third kappa shape index (κ3) is 3.51. The Labute approximate surface area is 153 Å². The summed E-state index contributed by atoms with van der Waals surface area (Å²) in [5.41, 5.74) is 3.82. The summed E-state index contributed by atoms with van der Waals surface area (Å²) in [5, 5.41) is 0. The zero-order chi connectivity index (χ0) is 17.9. The van der Waals surface area contributed by atoms with Crippen molar-refractivity contribution in [2.24, 2.45) is 5.92 Å². The molecule has 4 rings (SSSR count). The number of hydrogen-bond donors (Lipinski definition) is 0. The second kappa shape index (κ2) is 7.34. The monoisotopic (exact) mass is 347 g/mol. The van der Waals surface area contributed by atoms with Crippen LogP contribution in [-0.4, -0.2) is 21.4 Å². The quantitative estimate of drug-likeness (QED) is 0.674. The molecule has 2 aromatic heterocycles. The molecule has 132 valence electrons. The molecule has 0 radical (unpaired) electrons. The lowest BCUT2D eigenvalue weighted by atomic mass is 10.0. The molecule has 4 heteroatoms. The Morgan fingerprint density at radius 2 is 1.88 bits per heavy atom. The van der Waals surface area contributed by atoms with Gasteiger partial charge in [-0.3, -0.25) is 14.9 Å². The first-order valence-corrected chi connectivity index (χ1v) is 9.03. The smallest absolute Gasteiger partial charge is 0.128 e. The fourth-order valence-electron chi connectivity index (χ4n) is 3.85. The molecule has 0 saturated carbocycles. The van der Waals surface area contributed by atoms with Gasteiger partial charge in [-0.15, -0.1) is 0 Å². The minimum atomic E-state index is -0.149. The van der Waals surface area contributed by atoms with E-state index in [1.54, 1.807) is 24.7 Å². The largest absolute Gasteiger partial charge is 0.292 e. The number of rotatable bonds is 4. The van der Waals surface area contributed by atoms with Gasteiger partial charge in [0.1, 0.15) is 5.82 Å². The highest BCUT2D eigenvalue weighted by molar-refractivity contribution is 5.63. The maximum Gasteiger partial charge on any atom is 0.128 e. The average Bonchev–Trinajstić information content (AvgIpc) is 3.05. The van der Waals surface area contributed by atoms with Gasteiger partial charge in [-0.25, -0.2) is 4.39 Å². The predicted molar refractivity (Wildman–Crippen MR) is 101 cm³/mol. The molecule has 0 bridgehead atoms. The number of benzene rings is 1. The molecule has 0 amide bonds. The first kappa shape index (κ1) is 16.9. The predicted octanol–water partition coefficient (Wildman–Crippen LogP) is 4.87. The van der Waals surface area contributed by atoms with Crippen LogP contribution in [0, 0.1) is 11.7 Å². The van der Waals surface area contributed by atoms with E-state index in [2.05, 4.69) is 27.9 Å². The van der Waals surface area contributed by atoms with Gasteiger partial charge in [-0.1, -0.05) is 25.1 Å². The van der Waals surface area contributed by atoms with Gasteiger partial charge in [0, 0.05) is 49.5 Å². The van der Waals surface area contributed by atoms with Crippen molar-refractivity contribution in [2.45, 2.75) is 25.9 Å². The van der Waals surface area contributed by atoms with E-state index in [1.807, 2.05) is 36.5 Å². The molecule has 1 fully saturated rings. The van der Waals surface area contributed by atoms with Crippen LogP contribution in [0.15, 0.2) is 67.3 Å². The van der Waals surface area contributed by atoms with Gasteiger partial charge in [0.25, 0.3) is 0 Å². The van der Waals surface area contributed by atoms with Crippen LogP contribution in [0.5, 0.6) is 0 Å². The molecule has 3 heterocycles. The van der Waals surface area contributed by atoms with Gasteiger partial charge < -0.3 is 0 Å². The fourth-order valence-corrected chi connectivity index (χ4v) is 3.85. The Morgan fingerprint density at radius 3 is 2.62 bits per heavy atom. The third-order valence-electron chi connectivity index (χ3n) is 5.12. The fraction of sp³-hybridized carbons (Fsp3) is 0.273. The highest BCUT2D eigenvalue weighted by atomic mass is 19.1. The lowest BCUT2D eigenvalue weighted by molar-refractivity contribution is 0.241. The number of hydrogen-bond acceptors (Lipinski definition) is 3. The van der Waals surface area contributed by atoms with Crippen LogP contribution >= 0.6 is 0 Å². The summed E-state index contributed by atoms with van der Waals surface area (Å²) < 4.78 is 14.8. The Kier molecular flexibility index (Phi) is 4.76. The third-order valence-corrected chi connectivity index (χ3v) is 5.12. The summed E-state index contributed by atoms with van der Waals surface area (Å²) in [7, 11) is 0. The molecule has 0 aliphatic carbocycles. The Hall–Kier alpha value is -2.59. The minimum Gasteiger partial charge on any atom is -0.292 e. The van der Waals surface area contributed by atoms with E-state index in [4.69, 9.17) is 0 Å². The SMILES string of the molecule is C[C@@H]1C[C@@H](c2cccnc2)N(Cc2ccc(-c3ccncc3)cc2F)C1. The molecule has 2 atom stereocenters. The van der Waals surface area contributed by atoms with E-state index in [9.17, 15) is 4.39 Å². The molecule has 3 aromatic rings. The summed E-state index contributed by atoms with van der Waals surface area (Å²) >= 11 is 0. The molecular formula is C22H22FN3. The Bertz CT molecular complexity index is 867. The van der Waals surface area contributed by atoms with E-state index < -0.39 is 0 Å². The van der Waals surface area contributed by atoms with Gasteiger partial charge in [0.15, 0.2) is 0 Å². The van der Waals surface area contributed by atoms with Gasteiger partial charge in [0.05, 0.1) is 0 Å². The first-order valence-electron chi connectivity index (χ1n) is 9.03. The summed E-state index contributed by atoms with van der Waals surface area (Å²) in [6, 6.07) is 13.7. The summed E-state index contributed by atoms with van der Waals surface area (Å²) in [6.07, 6.45) is 8.27. The van der Waals surface area contributed by atoms with E-state index in [0.717, 1.165) is 29.7 Å². The van der Waals surface area contributed by atoms with Crippen LogP contribution in [0.3, 0.4) is 0 Å². The van der Waals surface area contributed by atoms with Crippen molar-refractivity contribution >= 4 is 0 Å². The lowest BCUT2D eigenvalue weighted by Crippen LogP contribution is -2.24. The van der Waals surface area contributed by atoms with Gasteiger partial charge in [-0.2, -0.15) is 0 Å². The zero-order valence-corrected chi connectivity index (χ0v) is 14.8. The van der Waals surface area contributed by atoms with Crippen LogP contribution in [0.4, 0.5) is 4.39 Å².